The molecule has 1 unspecified atom stereocenters. The topological polar surface area (TPSA) is 46.6 Å². The van der Waals surface area contributed by atoms with Gasteiger partial charge >= 0.3 is 5.97 Å². The van der Waals surface area contributed by atoms with Crippen molar-refractivity contribution in [1.29, 1.82) is 0 Å². The van der Waals surface area contributed by atoms with E-state index >= 15 is 0 Å². The van der Waals surface area contributed by atoms with E-state index < -0.39 is 0 Å². The second-order valence-electron chi connectivity index (χ2n) is 6.63. The van der Waals surface area contributed by atoms with Gasteiger partial charge in [-0.15, -0.1) is 11.8 Å². The number of thioether (sulfide) groups is 1. The lowest BCUT2D eigenvalue weighted by atomic mass is 9.84. The predicted molar refractivity (Wildman–Crippen MR) is 107 cm³/mol. The van der Waals surface area contributed by atoms with E-state index in [1.54, 1.807) is 22.7 Å². The van der Waals surface area contributed by atoms with Gasteiger partial charge in [0, 0.05) is 22.3 Å². The molecule has 27 heavy (non-hydrogen) atoms. The van der Waals surface area contributed by atoms with Crippen molar-refractivity contribution in [1.82, 2.24) is 0 Å². The molecule has 0 fully saturated rings. The first-order valence-electron chi connectivity index (χ1n) is 8.63. The molecule has 0 N–H and O–H groups in total. The lowest BCUT2D eigenvalue weighted by Gasteiger charge is -2.32. The summed E-state index contributed by atoms with van der Waals surface area (Å²) in [6, 6.07) is 13.5. The van der Waals surface area contributed by atoms with Crippen molar-refractivity contribution < 1.29 is 14.3 Å². The molecule has 2 heterocycles. The molecule has 1 amide bonds. The Morgan fingerprint density at radius 1 is 1.15 bits per heavy atom. The molecule has 2 aliphatic heterocycles. The van der Waals surface area contributed by atoms with Crippen LogP contribution in [0.3, 0.4) is 0 Å². The lowest BCUT2D eigenvalue weighted by molar-refractivity contribution is -0.136. The fraction of sp³-hybridized carbons (Fsp3) is 0.238. The quantitative estimate of drug-likeness (QED) is 0.554. The third kappa shape index (κ3) is 3.15. The Hall–Kier alpha value is -2.24. The summed E-state index contributed by atoms with van der Waals surface area (Å²) in [6.45, 7) is 2.01. The molecule has 2 aromatic rings. The summed E-state index contributed by atoms with van der Waals surface area (Å²) in [5.74, 6) is -0.693. The number of hydrogen-bond acceptors (Lipinski definition) is 4. The number of cyclic esters (lactones) is 1. The Balaban J connectivity index is 1.79. The number of halogens is 1. The molecule has 0 bridgehead atoms. The highest BCUT2D eigenvalue weighted by atomic mass is 35.5. The largest absolute Gasteiger partial charge is 0.456 e. The van der Waals surface area contributed by atoms with E-state index in [9.17, 15) is 9.59 Å². The minimum Gasteiger partial charge on any atom is -0.456 e. The van der Waals surface area contributed by atoms with Crippen molar-refractivity contribution in [2.45, 2.75) is 24.2 Å². The van der Waals surface area contributed by atoms with E-state index in [1.165, 1.54) is 0 Å². The van der Waals surface area contributed by atoms with Gasteiger partial charge in [0.2, 0.25) is 5.91 Å². The summed E-state index contributed by atoms with van der Waals surface area (Å²) < 4.78 is 5.31. The van der Waals surface area contributed by atoms with Gasteiger partial charge in [-0.25, -0.2) is 4.79 Å². The van der Waals surface area contributed by atoms with Crippen molar-refractivity contribution in [3.05, 3.63) is 69.9 Å². The summed E-state index contributed by atoms with van der Waals surface area (Å²) in [4.78, 5) is 28.2. The molecular formula is C21H18ClNO3S. The molecule has 6 heteroatoms. The molecule has 0 radical (unpaired) electrons. The van der Waals surface area contributed by atoms with E-state index in [4.69, 9.17) is 16.3 Å². The summed E-state index contributed by atoms with van der Waals surface area (Å²) in [6.07, 6.45) is 2.23. The van der Waals surface area contributed by atoms with Crippen LogP contribution in [0.2, 0.25) is 5.02 Å². The average molecular weight is 400 g/mol. The standard InChI is InChI=1S/C21H18ClNO3S/c1-12-3-6-14(9-17(12)22)23-18-11-26-21(25)20(18)16(10-19(23)24)13-4-7-15(27-2)8-5-13/h3-9,16H,10-11H2,1-2H3. The average Bonchev–Trinajstić information content (AvgIpc) is 3.05. The van der Waals surface area contributed by atoms with Crippen LogP contribution in [-0.4, -0.2) is 24.7 Å². The van der Waals surface area contributed by atoms with E-state index in [2.05, 4.69) is 0 Å². The lowest BCUT2D eigenvalue weighted by Crippen LogP contribution is -2.37. The number of carbonyl (C=O) groups is 2. The minimum atomic E-state index is -0.348. The van der Waals surface area contributed by atoms with Gasteiger partial charge in [-0.3, -0.25) is 9.69 Å². The summed E-state index contributed by atoms with van der Waals surface area (Å²) in [5.41, 5.74) is 3.74. The van der Waals surface area contributed by atoms with Gasteiger partial charge in [0.15, 0.2) is 0 Å². The van der Waals surface area contributed by atoms with Gasteiger partial charge in [0.05, 0.1) is 17.0 Å². The van der Waals surface area contributed by atoms with Crippen molar-refractivity contribution >= 4 is 40.9 Å². The number of nitrogens with zero attached hydrogens (tertiary/aromatic N) is 1. The Bertz CT molecular complexity index is 968. The van der Waals surface area contributed by atoms with Crippen LogP contribution in [0, 0.1) is 6.92 Å². The Morgan fingerprint density at radius 3 is 2.56 bits per heavy atom. The number of benzene rings is 2. The van der Waals surface area contributed by atoms with Crippen LogP contribution < -0.4 is 4.90 Å². The number of hydrogen-bond donors (Lipinski definition) is 0. The zero-order chi connectivity index (χ0) is 19.1. The SMILES string of the molecule is CSc1ccc(C2CC(=O)N(c3ccc(C)c(Cl)c3)C3=C2C(=O)OC3)cc1. The second kappa shape index (κ2) is 7.06. The Morgan fingerprint density at radius 2 is 1.89 bits per heavy atom. The fourth-order valence-electron chi connectivity index (χ4n) is 3.60. The number of aryl methyl sites for hydroxylation is 1. The molecule has 0 spiro atoms. The molecule has 0 saturated heterocycles. The highest BCUT2D eigenvalue weighted by Crippen LogP contribution is 2.42. The predicted octanol–water partition coefficient (Wildman–Crippen LogP) is 4.70. The highest BCUT2D eigenvalue weighted by Gasteiger charge is 2.42. The first-order valence-corrected chi connectivity index (χ1v) is 10.2. The third-order valence-corrected chi connectivity index (χ3v) is 6.20. The van der Waals surface area contributed by atoms with Crippen LogP contribution >= 0.6 is 23.4 Å². The van der Waals surface area contributed by atoms with Crippen LogP contribution in [0.1, 0.15) is 23.5 Å². The molecular weight excluding hydrogens is 382 g/mol. The maximum absolute atomic E-state index is 13.0. The molecule has 0 saturated carbocycles. The van der Waals surface area contributed by atoms with Crippen molar-refractivity contribution in [2.75, 3.05) is 17.8 Å². The van der Waals surface area contributed by atoms with Crippen LogP contribution in [0.5, 0.6) is 0 Å². The van der Waals surface area contributed by atoms with Crippen molar-refractivity contribution in [3.8, 4) is 0 Å². The number of ether oxygens (including phenoxy) is 1. The van der Waals surface area contributed by atoms with E-state index in [-0.39, 0.29) is 30.8 Å². The number of amides is 1. The van der Waals surface area contributed by atoms with Gasteiger partial charge < -0.3 is 4.74 Å². The normalized spacial score (nSPS) is 19.4. The minimum absolute atomic E-state index is 0.0640. The van der Waals surface area contributed by atoms with Crippen molar-refractivity contribution in [2.24, 2.45) is 0 Å². The summed E-state index contributed by atoms with van der Waals surface area (Å²) in [7, 11) is 0. The van der Waals surface area contributed by atoms with Gasteiger partial charge in [-0.2, -0.15) is 0 Å². The Kier molecular flexibility index (Phi) is 4.74. The molecule has 4 rings (SSSR count). The third-order valence-electron chi connectivity index (χ3n) is 5.05. The maximum Gasteiger partial charge on any atom is 0.336 e. The number of rotatable bonds is 3. The highest BCUT2D eigenvalue weighted by molar-refractivity contribution is 7.98. The van der Waals surface area contributed by atoms with Crippen LogP contribution in [0.25, 0.3) is 0 Å². The second-order valence-corrected chi connectivity index (χ2v) is 7.92. The zero-order valence-electron chi connectivity index (χ0n) is 15.0. The Labute approximate surface area is 167 Å². The van der Waals surface area contributed by atoms with Crippen LogP contribution in [0.15, 0.2) is 58.6 Å². The van der Waals surface area contributed by atoms with Crippen LogP contribution in [-0.2, 0) is 14.3 Å². The van der Waals surface area contributed by atoms with E-state index in [0.717, 1.165) is 16.0 Å². The van der Waals surface area contributed by atoms with E-state index in [0.29, 0.717) is 22.0 Å². The number of carbonyl (C=O) groups excluding carboxylic acids is 2. The number of esters is 1. The smallest absolute Gasteiger partial charge is 0.336 e. The molecule has 0 aliphatic carbocycles. The molecule has 138 valence electrons. The molecule has 4 nitrogen and oxygen atoms in total. The summed E-state index contributed by atoms with van der Waals surface area (Å²) >= 11 is 7.90. The summed E-state index contributed by atoms with van der Waals surface area (Å²) in [5, 5.41) is 0.586. The van der Waals surface area contributed by atoms with Gasteiger partial charge in [-0.05, 0) is 48.6 Å². The first-order chi connectivity index (χ1) is 13.0. The fourth-order valence-corrected chi connectivity index (χ4v) is 4.18. The maximum atomic E-state index is 13.0. The van der Waals surface area contributed by atoms with Gasteiger partial charge in [-0.1, -0.05) is 29.8 Å². The zero-order valence-corrected chi connectivity index (χ0v) is 16.6. The molecule has 1 atom stereocenters. The molecule has 2 aromatic carbocycles. The van der Waals surface area contributed by atoms with Crippen molar-refractivity contribution in [3.63, 3.8) is 0 Å². The molecule has 0 aromatic heterocycles. The van der Waals surface area contributed by atoms with Gasteiger partial charge in [0.25, 0.3) is 0 Å². The van der Waals surface area contributed by atoms with Gasteiger partial charge in [0.1, 0.15) is 6.61 Å². The van der Waals surface area contributed by atoms with E-state index in [1.807, 2.05) is 49.6 Å². The first kappa shape index (κ1) is 18.1. The molecule has 2 aliphatic rings. The number of anilines is 1. The van der Waals surface area contributed by atoms with Crippen LogP contribution in [0.4, 0.5) is 5.69 Å². The monoisotopic (exact) mass is 399 g/mol.